The van der Waals surface area contributed by atoms with Crippen LogP contribution in [0.3, 0.4) is 0 Å². The van der Waals surface area contributed by atoms with Crippen LogP contribution >= 0.6 is 11.8 Å². The van der Waals surface area contributed by atoms with Crippen LogP contribution in [0, 0.1) is 5.82 Å². The molecule has 124 valence electrons. The first kappa shape index (κ1) is 16.2. The summed E-state index contributed by atoms with van der Waals surface area (Å²) < 4.78 is 18.2. The quantitative estimate of drug-likeness (QED) is 0.742. The second-order valence-electron chi connectivity index (χ2n) is 5.07. The van der Waals surface area contributed by atoms with Gasteiger partial charge in [0.15, 0.2) is 17.0 Å². The standard InChI is InChI=1S/C17H15FN2O3S/c1-23-14-6-5-10(7-13(14)21)8-15-16(22)20-17(24-15)19-12-4-2-3-11(18)9-12/h2-9,17,19,21H,1H3,(H,20,22)/b15-8-. The minimum atomic E-state index is -0.391. The number of carbonyl (C=O) groups is 1. The van der Waals surface area contributed by atoms with Gasteiger partial charge in [0.1, 0.15) is 5.82 Å². The fourth-order valence-electron chi connectivity index (χ4n) is 2.24. The van der Waals surface area contributed by atoms with E-state index in [1.54, 1.807) is 30.3 Å². The summed E-state index contributed by atoms with van der Waals surface area (Å²) in [6, 6.07) is 10.9. The number of ether oxygens (including phenoxy) is 1. The summed E-state index contributed by atoms with van der Waals surface area (Å²) >= 11 is 1.28. The number of benzene rings is 2. The highest BCUT2D eigenvalue weighted by Crippen LogP contribution is 2.32. The van der Waals surface area contributed by atoms with E-state index in [4.69, 9.17) is 4.74 Å². The molecule has 0 aliphatic carbocycles. The molecule has 2 aromatic rings. The monoisotopic (exact) mass is 346 g/mol. The van der Waals surface area contributed by atoms with Crippen molar-refractivity contribution in [1.82, 2.24) is 5.32 Å². The molecule has 0 radical (unpaired) electrons. The molecule has 1 saturated heterocycles. The lowest BCUT2D eigenvalue weighted by Gasteiger charge is -2.12. The molecule has 1 aliphatic heterocycles. The van der Waals surface area contributed by atoms with Crippen molar-refractivity contribution in [3.63, 3.8) is 0 Å². The molecule has 0 spiro atoms. The molecule has 3 rings (SSSR count). The molecule has 0 saturated carbocycles. The van der Waals surface area contributed by atoms with Crippen LogP contribution in [0.5, 0.6) is 11.5 Å². The van der Waals surface area contributed by atoms with Crippen molar-refractivity contribution in [3.05, 3.63) is 58.8 Å². The highest BCUT2D eigenvalue weighted by atomic mass is 32.2. The molecule has 1 heterocycles. The van der Waals surface area contributed by atoms with E-state index in [0.29, 0.717) is 21.9 Å². The number of hydrogen-bond acceptors (Lipinski definition) is 5. The van der Waals surface area contributed by atoms with Gasteiger partial charge in [0.2, 0.25) is 0 Å². The lowest BCUT2D eigenvalue weighted by atomic mass is 10.2. The van der Waals surface area contributed by atoms with Crippen molar-refractivity contribution in [2.45, 2.75) is 5.50 Å². The van der Waals surface area contributed by atoms with Gasteiger partial charge in [0.05, 0.1) is 12.0 Å². The van der Waals surface area contributed by atoms with Gasteiger partial charge in [-0.1, -0.05) is 23.9 Å². The average Bonchev–Trinajstić information content (AvgIpc) is 2.87. The SMILES string of the molecule is COc1ccc(/C=C2\SC(Nc3cccc(F)c3)NC2=O)cc1O. The first-order chi connectivity index (χ1) is 11.5. The Kier molecular flexibility index (Phi) is 4.61. The third-order valence-corrected chi connectivity index (χ3v) is 4.38. The third-order valence-electron chi connectivity index (χ3n) is 3.35. The number of nitrogens with one attached hydrogen (secondary N) is 2. The Morgan fingerprint density at radius 3 is 2.88 bits per heavy atom. The summed E-state index contributed by atoms with van der Waals surface area (Å²) in [5.74, 6) is -0.209. The predicted molar refractivity (Wildman–Crippen MR) is 92.2 cm³/mol. The zero-order valence-corrected chi connectivity index (χ0v) is 13.6. The molecule has 0 aromatic heterocycles. The second kappa shape index (κ2) is 6.84. The number of phenolic OH excluding ortho intramolecular Hbond substituents is 1. The summed E-state index contributed by atoms with van der Waals surface area (Å²) in [6.45, 7) is 0. The first-order valence-corrected chi connectivity index (χ1v) is 8.01. The number of anilines is 1. The summed E-state index contributed by atoms with van der Waals surface area (Å²) in [4.78, 5) is 12.5. The number of aromatic hydroxyl groups is 1. The van der Waals surface area contributed by atoms with Crippen molar-refractivity contribution in [2.75, 3.05) is 12.4 Å². The Hall–Kier alpha value is -2.67. The molecule has 1 fully saturated rings. The van der Waals surface area contributed by atoms with Crippen LogP contribution in [-0.2, 0) is 4.79 Å². The number of amides is 1. The van der Waals surface area contributed by atoms with Crippen LogP contribution in [0.25, 0.3) is 6.08 Å². The predicted octanol–water partition coefficient (Wildman–Crippen LogP) is 3.14. The zero-order valence-electron chi connectivity index (χ0n) is 12.7. The molecule has 0 bridgehead atoms. The van der Waals surface area contributed by atoms with Crippen LogP contribution in [0.4, 0.5) is 10.1 Å². The molecule has 5 nitrogen and oxygen atoms in total. The highest BCUT2D eigenvalue weighted by molar-refractivity contribution is 8.05. The lowest BCUT2D eigenvalue weighted by molar-refractivity contribution is -0.116. The number of halogens is 1. The Morgan fingerprint density at radius 1 is 1.33 bits per heavy atom. The number of methoxy groups -OCH3 is 1. The number of thioether (sulfide) groups is 1. The fraction of sp³-hybridized carbons (Fsp3) is 0.118. The van der Waals surface area contributed by atoms with Gasteiger partial charge in [-0.15, -0.1) is 0 Å². The van der Waals surface area contributed by atoms with Gasteiger partial charge in [-0.2, -0.15) is 0 Å². The number of phenols is 1. The molecule has 7 heteroatoms. The molecule has 1 atom stereocenters. The van der Waals surface area contributed by atoms with Gasteiger partial charge in [0.25, 0.3) is 5.91 Å². The Balaban J connectivity index is 1.73. The van der Waals surface area contributed by atoms with Gasteiger partial charge in [-0.05, 0) is 42.0 Å². The second-order valence-corrected chi connectivity index (χ2v) is 6.21. The number of carbonyl (C=O) groups excluding carboxylic acids is 1. The maximum Gasteiger partial charge on any atom is 0.260 e. The average molecular weight is 346 g/mol. The molecule has 1 amide bonds. The fourth-order valence-corrected chi connectivity index (χ4v) is 3.23. The Morgan fingerprint density at radius 2 is 2.17 bits per heavy atom. The Bertz CT molecular complexity index is 810. The van der Waals surface area contributed by atoms with Crippen molar-refractivity contribution in [1.29, 1.82) is 0 Å². The number of hydrogen-bond donors (Lipinski definition) is 3. The van der Waals surface area contributed by atoms with E-state index in [0.717, 1.165) is 0 Å². The van der Waals surface area contributed by atoms with Crippen LogP contribution in [-0.4, -0.2) is 23.6 Å². The van der Waals surface area contributed by atoms with Crippen LogP contribution in [0.15, 0.2) is 47.4 Å². The van der Waals surface area contributed by atoms with Crippen molar-refractivity contribution >= 4 is 29.4 Å². The Labute approximate surface area is 142 Å². The minimum absolute atomic E-state index is 0.00434. The maximum absolute atomic E-state index is 13.2. The number of rotatable bonds is 4. The van der Waals surface area contributed by atoms with Gasteiger partial charge in [-0.25, -0.2) is 4.39 Å². The van der Waals surface area contributed by atoms with Gasteiger partial charge in [-0.3, -0.25) is 4.79 Å². The molecule has 24 heavy (non-hydrogen) atoms. The van der Waals surface area contributed by atoms with Crippen LogP contribution in [0.2, 0.25) is 0 Å². The normalized spacial score (nSPS) is 18.5. The lowest BCUT2D eigenvalue weighted by Crippen LogP contribution is -2.30. The van der Waals surface area contributed by atoms with Crippen LogP contribution < -0.4 is 15.4 Å². The molecule has 2 aromatic carbocycles. The van der Waals surface area contributed by atoms with E-state index in [2.05, 4.69) is 10.6 Å². The van der Waals surface area contributed by atoms with Gasteiger partial charge >= 0.3 is 0 Å². The summed E-state index contributed by atoms with van der Waals surface area (Å²) in [5.41, 5.74) is 0.867. The smallest absolute Gasteiger partial charge is 0.260 e. The highest BCUT2D eigenvalue weighted by Gasteiger charge is 2.27. The van der Waals surface area contributed by atoms with E-state index >= 15 is 0 Å². The van der Waals surface area contributed by atoms with E-state index < -0.39 is 5.50 Å². The molecule has 1 unspecified atom stereocenters. The largest absolute Gasteiger partial charge is 0.504 e. The summed E-state index contributed by atoms with van der Waals surface area (Å²) in [5, 5.41) is 15.6. The van der Waals surface area contributed by atoms with E-state index in [9.17, 15) is 14.3 Å². The molecular formula is C17H15FN2O3S. The van der Waals surface area contributed by atoms with E-state index in [-0.39, 0.29) is 17.5 Å². The van der Waals surface area contributed by atoms with Gasteiger partial charge < -0.3 is 20.5 Å². The van der Waals surface area contributed by atoms with Crippen molar-refractivity contribution < 1.29 is 19.0 Å². The van der Waals surface area contributed by atoms with E-state index in [1.165, 1.54) is 37.1 Å². The first-order valence-electron chi connectivity index (χ1n) is 7.13. The van der Waals surface area contributed by atoms with E-state index in [1.807, 2.05) is 0 Å². The minimum Gasteiger partial charge on any atom is -0.504 e. The maximum atomic E-state index is 13.2. The summed E-state index contributed by atoms with van der Waals surface area (Å²) in [6.07, 6.45) is 1.67. The zero-order chi connectivity index (χ0) is 17.1. The topological polar surface area (TPSA) is 70.6 Å². The van der Waals surface area contributed by atoms with Crippen molar-refractivity contribution in [2.24, 2.45) is 0 Å². The summed E-state index contributed by atoms with van der Waals surface area (Å²) in [7, 11) is 1.47. The van der Waals surface area contributed by atoms with Crippen LogP contribution in [0.1, 0.15) is 5.56 Å². The molecule has 3 N–H and O–H groups in total. The third kappa shape index (κ3) is 3.62. The molecule has 1 aliphatic rings. The molecular weight excluding hydrogens is 331 g/mol. The van der Waals surface area contributed by atoms with Crippen molar-refractivity contribution in [3.8, 4) is 11.5 Å². The van der Waals surface area contributed by atoms with Gasteiger partial charge in [0, 0.05) is 5.69 Å².